The largest absolute Gasteiger partial charge is 0.399 e. The normalized spacial score (nSPS) is 10.8. The molecule has 2 heteroatoms. The van der Waals surface area contributed by atoms with E-state index in [4.69, 9.17) is 11.5 Å². The van der Waals surface area contributed by atoms with Crippen LogP contribution in [-0.2, 0) is 0 Å². The number of nitrogen functional groups attached to an aromatic ring is 2. The molecule has 17 heavy (non-hydrogen) atoms. The van der Waals surface area contributed by atoms with Gasteiger partial charge in [-0.15, -0.1) is 0 Å². The molecular weight excluding hydrogens is 208 g/mol. The molecule has 0 aromatic heterocycles. The molecule has 2 nitrogen and oxygen atoms in total. The average molecular weight is 226 g/mol. The minimum atomic E-state index is 0.544. The molecule has 2 aromatic carbocycles. The Labute approximate surface area is 102 Å². The molecular formula is C15H18N2. The van der Waals surface area contributed by atoms with Gasteiger partial charge in [0.25, 0.3) is 0 Å². The summed E-state index contributed by atoms with van der Waals surface area (Å²) < 4.78 is 0. The standard InChI is InChI=1S/C15H18N2/c1-10(2)11-3-5-12(6-4-11)14-9-13(16)7-8-15(14)17/h3-10H,16-17H2,1-2H3. The minimum Gasteiger partial charge on any atom is -0.399 e. The van der Waals surface area contributed by atoms with E-state index in [0.29, 0.717) is 5.92 Å². The molecule has 0 fully saturated rings. The smallest absolute Gasteiger partial charge is 0.0395 e. The van der Waals surface area contributed by atoms with Crippen molar-refractivity contribution in [1.82, 2.24) is 0 Å². The quantitative estimate of drug-likeness (QED) is 0.768. The first-order valence-corrected chi connectivity index (χ1v) is 5.83. The number of benzene rings is 2. The van der Waals surface area contributed by atoms with Crippen LogP contribution in [0, 0.1) is 0 Å². The fourth-order valence-corrected chi connectivity index (χ4v) is 1.87. The minimum absolute atomic E-state index is 0.544. The van der Waals surface area contributed by atoms with Crippen LogP contribution in [0.2, 0.25) is 0 Å². The molecule has 0 spiro atoms. The van der Waals surface area contributed by atoms with E-state index in [1.54, 1.807) is 0 Å². The lowest BCUT2D eigenvalue weighted by Gasteiger charge is -2.09. The first-order chi connectivity index (χ1) is 8.08. The second kappa shape index (κ2) is 4.50. The summed E-state index contributed by atoms with van der Waals surface area (Å²) in [6.07, 6.45) is 0. The Balaban J connectivity index is 2.43. The topological polar surface area (TPSA) is 52.0 Å². The van der Waals surface area contributed by atoms with E-state index in [9.17, 15) is 0 Å². The van der Waals surface area contributed by atoms with Crippen LogP contribution in [0.4, 0.5) is 11.4 Å². The van der Waals surface area contributed by atoms with Gasteiger partial charge in [-0.25, -0.2) is 0 Å². The summed E-state index contributed by atoms with van der Waals surface area (Å²) >= 11 is 0. The maximum atomic E-state index is 5.96. The molecule has 0 atom stereocenters. The highest BCUT2D eigenvalue weighted by Gasteiger charge is 2.04. The van der Waals surface area contributed by atoms with E-state index in [0.717, 1.165) is 22.5 Å². The SMILES string of the molecule is CC(C)c1ccc(-c2cc(N)ccc2N)cc1. The molecule has 88 valence electrons. The fourth-order valence-electron chi connectivity index (χ4n) is 1.87. The van der Waals surface area contributed by atoms with Gasteiger partial charge in [-0.2, -0.15) is 0 Å². The van der Waals surface area contributed by atoms with Gasteiger partial charge in [0.1, 0.15) is 0 Å². The molecule has 0 radical (unpaired) electrons. The van der Waals surface area contributed by atoms with Gasteiger partial charge < -0.3 is 11.5 Å². The number of rotatable bonds is 2. The highest BCUT2D eigenvalue weighted by atomic mass is 14.6. The molecule has 0 saturated heterocycles. The van der Waals surface area contributed by atoms with E-state index in [1.165, 1.54) is 5.56 Å². The second-order valence-electron chi connectivity index (χ2n) is 4.62. The van der Waals surface area contributed by atoms with Crippen molar-refractivity contribution in [3.63, 3.8) is 0 Å². The summed E-state index contributed by atoms with van der Waals surface area (Å²) in [6.45, 7) is 4.37. The van der Waals surface area contributed by atoms with Gasteiger partial charge in [0.2, 0.25) is 0 Å². The van der Waals surface area contributed by atoms with Gasteiger partial charge >= 0.3 is 0 Å². The molecule has 0 aliphatic carbocycles. The van der Waals surface area contributed by atoms with Gasteiger partial charge in [-0.3, -0.25) is 0 Å². The van der Waals surface area contributed by atoms with Gasteiger partial charge in [0.05, 0.1) is 0 Å². The van der Waals surface area contributed by atoms with Crippen LogP contribution in [0.15, 0.2) is 42.5 Å². The molecule has 0 unspecified atom stereocenters. The van der Waals surface area contributed by atoms with Crippen molar-refractivity contribution < 1.29 is 0 Å². The number of anilines is 2. The van der Waals surface area contributed by atoms with Gasteiger partial charge in [0.15, 0.2) is 0 Å². The van der Waals surface area contributed by atoms with Crippen molar-refractivity contribution in [2.75, 3.05) is 11.5 Å². The van der Waals surface area contributed by atoms with Gasteiger partial charge in [-0.1, -0.05) is 38.1 Å². The Bertz CT molecular complexity index is 513. The lowest BCUT2D eigenvalue weighted by molar-refractivity contribution is 0.867. The highest BCUT2D eigenvalue weighted by molar-refractivity contribution is 5.79. The van der Waals surface area contributed by atoms with E-state index in [2.05, 4.69) is 38.1 Å². The first-order valence-electron chi connectivity index (χ1n) is 5.83. The third kappa shape index (κ3) is 2.41. The summed E-state index contributed by atoms with van der Waals surface area (Å²) in [7, 11) is 0. The van der Waals surface area contributed by atoms with Crippen molar-refractivity contribution in [2.45, 2.75) is 19.8 Å². The fraction of sp³-hybridized carbons (Fsp3) is 0.200. The van der Waals surface area contributed by atoms with Crippen LogP contribution >= 0.6 is 0 Å². The Kier molecular flexibility index (Phi) is 3.05. The molecule has 4 N–H and O–H groups in total. The Morgan fingerprint density at radius 1 is 0.882 bits per heavy atom. The average Bonchev–Trinajstić information content (AvgIpc) is 2.32. The Morgan fingerprint density at radius 3 is 2.12 bits per heavy atom. The summed E-state index contributed by atoms with van der Waals surface area (Å²) in [5, 5.41) is 0. The summed E-state index contributed by atoms with van der Waals surface area (Å²) in [5.41, 5.74) is 16.7. The first kappa shape index (κ1) is 11.5. The molecule has 0 aliphatic heterocycles. The van der Waals surface area contributed by atoms with Crippen molar-refractivity contribution in [3.8, 4) is 11.1 Å². The summed E-state index contributed by atoms with van der Waals surface area (Å²) in [5.74, 6) is 0.544. The summed E-state index contributed by atoms with van der Waals surface area (Å²) in [6, 6.07) is 14.1. The number of nitrogens with two attached hydrogens (primary N) is 2. The van der Waals surface area contributed by atoms with Crippen LogP contribution in [0.1, 0.15) is 25.3 Å². The molecule has 0 heterocycles. The molecule has 2 rings (SSSR count). The molecule has 2 aromatic rings. The highest BCUT2D eigenvalue weighted by Crippen LogP contribution is 2.29. The number of hydrogen-bond acceptors (Lipinski definition) is 2. The Hall–Kier alpha value is -1.96. The predicted molar refractivity (Wildman–Crippen MR) is 74.8 cm³/mol. The molecule has 0 amide bonds. The third-order valence-electron chi connectivity index (χ3n) is 2.97. The van der Waals surface area contributed by atoms with Crippen LogP contribution in [-0.4, -0.2) is 0 Å². The van der Waals surface area contributed by atoms with Crippen molar-refractivity contribution in [2.24, 2.45) is 0 Å². The van der Waals surface area contributed by atoms with Crippen molar-refractivity contribution in [1.29, 1.82) is 0 Å². The maximum absolute atomic E-state index is 5.96. The molecule has 0 saturated carbocycles. The summed E-state index contributed by atoms with van der Waals surface area (Å²) in [4.78, 5) is 0. The zero-order valence-electron chi connectivity index (χ0n) is 10.3. The van der Waals surface area contributed by atoms with Gasteiger partial charge in [0, 0.05) is 16.9 Å². The Morgan fingerprint density at radius 2 is 1.53 bits per heavy atom. The number of hydrogen-bond donors (Lipinski definition) is 2. The van der Waals surface area contributed by atoms with Crippen LogP contribution in [0.25, 0.3) is 11.1 Å². The maximum Gasteiger partial charge on any atom is 0.0395 e. The van der Waals surface area contributed by atoms with Crippen LogP contribution < -0.4 is 11.5 Å². The van der Waals surface area contributed by atoms with Crippen molar-refractivity contribution >= 4 is 11.4 Å². The zero-order valence-corrected chi connectivity index (χ0v) is 10.3. The van der Waals surface area contributed by atoms with Crippen LogP contribution in [0.5, 0.6) is 0 Å². The van der Waals surface area contributed by atoms with Crippen LogP contribution in [0.3, 0.4) is 0 Å². The molecule has 0 bridgehead atoms. The lowest BCUT2D eigenvalue weighted by Crippen LogP contribution is -1.93. The van der Waals surface area contributed by atoms with Crippen molar-refractivity contribution in [3.05, 3.63) is 48.0 Å². The van der Waals surface area contributed by atoms with E-state index in [1.807, 2.05) is 18.2 Å². The lowest BCUT2D eigenvalue weighted by atomic mass is 9.98. The van der Waals surface area contributed by atoms with Gasteiger partial charge in [-0.05, 0) is 35.2 Å². The van der Waals surface area contributed by atoms with E-state index in [-0.39, 0.29) is 0 Å². The zero-order chi connectivity index (χ0) is 12.4. The second-order valence-corrected chi connectivity index (χ2v) is 4.62. The third-order valence-corrected chi connectivity index (χ3v) is 2.97. The molecule has 0 aliphatic rings. The monoisotopic (exact) mass is 226 g/mol. The predicted octanol–water partition coefficient (Wildman–Crippen LogP) is 3.64. The van der Waals surface area contributed by atoms with E-state index < -0.39 is 0 Å². The van der Waals surface area contributed by atoms with E-state index >= 15 is 0 Å².